The van der Waals surface area contributed by atoms with Crippen molar-refractivity contribution in [1.29, 1.82) is 0 Å². The highest BCUT2D eigenvalue weighted by Gasteiger charge is 1.99. The molecule has 0 spiro atoms. The van der Waals surface area contributed by atoms with E-state index in [1.165, 1.54) is 77.0 Å². The molecule has 0 bridgehead atoms. The van der Waals surface area contributed by atoms with E-state index in [4.69, 9.17) is 5.11 Å². The van der Waals surface area contributed by atoms with Gasteiger partial charge in [0, 0.05) is 6.61 Å². The minimum atomic E-state index is 0.371. The highest BCUT2D eigenvalue weighted by Crippen LogP contribution is 2.16. The Morgan fingerprint density at radius 2 is 1.11 bits per heavy atom. The molecule has 1 nitrogen and oxygen atoms in total. The summed E-state index contributed by atoms with van der Waals surface area (Å²) in [5.74, 6) is 0.946. The molecule has 1 atom stereocenters. The summed E-state index contributed by atoms with van der Waals surface area (Å²) in [5.41, 5.74) is 0. The molecule has 0 aliphatic carbocycles. The fourth-order valence-electron chi connectivity index (χ4n) is 2.66. The topological polar surface area (TPSA) is 20.2 Å². The van der Waals surface area contributed by atoms with E-state index in [-0.39, 0.29) is 0 Å². The van der Waals surface area contributed by atoms with E-state index in [1.807, 2.05) is 0 Å². The lowest BCUT2D eigenvalue weighted by atomic mass is 9.98. The minimum Gasteiger partial charge on any atom is -0.396 e. The van der Waals surface area contributed by atoms with Crippen LogP contribution in [0.15, 0.2) is 0 Å². The molecule has 0 aromatic heterocycles. The zero-order valence-corrected chi connectivity index (χ0v) is 12.9. The Bertz CT molecular complexity index is 145. The van der Waals surface area contributed by atoms with E-state index in [2.05, 4.69) is 13.8 Å². The lowest BCUT2D eigenvalue weighted by Crippen LogP contribution is -1.93. The Labute approximate surface area is 115 Å². The molecule has 0 radical (unpaired) electrons. The summed E-state index contributed by atoms with van der Waals surface area (Å²) in [6, 6.07) is 0. The first-order valence-corrected chi connectivity index (χ1v) is 8.42. The van der Waals surface area contributed by atoms with Crippen LogP contribution in [0.4, 0.5) is 0 Å². The van der Waals surface area contributed by atoms with Crippen molar-refractivity contribution < 1.29 is 5.11 Å². The van der Waals surface area contributed by atoms with Gasteiger partial charge in [0.1, 0.15) is 0 Å². The quantitative estimate of drug-likeness (QED) is 0.395. The molecule has 0 saturated carbocycles. The van der Waals surface area contributed by atoms with E-state index in [9.17, 15) is 0 Å². The van der Waals surface area contributed by atoms with Crippen molar-refractivity contribution in [2.24, 2.45) is 5.92 Å². The number of hydrogen-bond donors (Lipinski definition) is 1. The molecule has 0 amide bonds. The van der Waals surface area contributed by atoms with Crippen molar-refractivity contribution in [2.75, 3.05) is 6.61 Å². The van der Waals surface area contributed by atoms with Crippen molar-refractivity contribution in [3.63, 3.8) is 0 Å². The van der Waals surface area contributed by atoms with Crippen molar-refractivity contribution in [2.45, 2.75) is 97.3 Å². The lowest BCUT2D eigenvalue weighted by molar-refractivity contribution is 0.282. The number of aliphatic hydroxyl groups is 1. The van der Waals surface area contributed by atoms with Gasteiger partial charge < -0.3 is 5.11 Å². The summed E-state index contributed by atoms with van der Waals surface area (Å²) in [6.45, 7) is 5.06. The van der Waals surface area contributed by atoms with Crippen LogP contribution in [0.2, 0.25) is 0 Å². The van der Waals surface area contributed by atoms with E-state index < -0.39 is 0 Å². The average molecular weight is 256 g/mol. The second-order valence-electron chi connectivity index (χ2n) is 5.94. The van der Waals surface area contributed by atoms with Crippen molar-refractivity contribution in [3.8, 4) is 0 Å². The molecule has 1 unspecified atom stereocenters. The van der Waals surface area contributed by atoms with Gasteiger partial charge in [-0.25, -0.2) is 0 Å². The maximum Gasteiger partial charge on any atom is 0.0431 e. The third-order valence-electron chi connectivity index (χ3n) is 3.89. The van der Waals surface area contributed by atoms with Gasteiger partial charge in [-0.2, -0.15) is 0 Å². The molecule has 0 aliphatic heterocycles. The van der Waals surface area contributed by atoms with Crippen LogP contribution >= 0.6 is 0 Å². The summed E-state index contributed by atoms with van der Waals surface area (Å²) in [5, 5.41) is 8.66. The van der Waals surface area contributed by atoms with Crippen LogP contribution < -0.4 is 0 Å². The molecule has 110 valence electrons. The van der Waals surface area contributed by atoms with Crippen molar-refractivity contribution in [3.05, 3.63) is 0 Å². The fraction of sp³-hybridized carbons (Fsp3) is 1.00. The van der Waals surface area contributed by atoms with Gasteiger partial charge in [-0.05, 0) is 12.3 Å². The van der Waals surface area contributed by atoms with E-state index in [0.717, 1.165) is 12.3 Å². The number of unbranched alkanes of at least 4 members (excludes halogenated alkanes) is 9. The summed E-state index contributed by atoms with van der Waals surface area (Å²) in [4.78, 5) is 0. The van der Waals surface area contributed by atoms with Gasteiger partial charge >= 0.3 is 0 Å². The molecule has 0 fully saturated rings. The van der Waals surface area contributed by atoms with E-state index in [1.54, 1.807) is 0 Å². The normalized spacial score (nSPS) is 12.8. The first kappa shape index (κ1) is 18.0. The van der Waals surface area contributed by atoms with Crippen LogP contribution in [-0.2, 0) is 0 Å². The molecular formula is C17H36O. The highest BCUT2D eigenvalue weighted by molar-refractivity contribution is 4.53. The Kier molecular flexibility index (Phi) is 15.0. The molecule has 0 aromatic rings. The van der Waals surface area contributed by atoms with Crippen LogP contribution in [0.25, 0.3) is 0 Å². The molecule has 18 heavy (non-hydrogen) atoms. The molecule has 0 heterocycles. The first-order chi connectivity index (χ1) is 8.81. The number of aliphatic hydroxyl groups excluding tert-OH is 1. The summed E-state index contributed by atoms with van der Waals surface area (Å²) in [6.07, 6.45) is 17.7. The molecule has 0 saturated heterocycles. The molecule has 1 heteroatoms. The van der Waals surface area contributed by atoms with Crippen LogP contribution in [-0.4, -0.2) is 11.7 Å². The van der Waals surface area contributed by atoms with Gasteiger partial charge in [-0.1, -0.05) is 90.9 Å². The lowest BCUT2D eigenvalue weighted by Gasteiger charge is -2.09. The van der Waals surface area contributed by atoms with Gasteiger partial charge in [0.25, 0.3) is 0 Å². The third kappa shape index (κ3) is 14.0. The van der Waals surface area contributed by atoms with Crippen LogP contribution in [0.5, 0.6) is 0 Å². The Balaban J connectivity index is 2.98. The summed E-state index contributed by atoms with van der Waals surface area (Å²) in [7, 11) is 0. The van der Waals surface area contributed by atoms with Gasteiger partial charge in [-0.3, -0.25) is 0 Å². The zero-order valence-electron chi connectivity index (χ0n) is 12.9. The Hall–Kier alpha value is -0.0400. The van der Waals surface area contributed by atoms with Gasteiger partial charge in [0.05, 0.1) is 0 Å². The highest BCUT2D eigenvalue weighted by atomic mass is 16.2. The van der Waals surface area contributed by atoms with Crippen molar-refractivity contribution in [1.82, 2.24) is 0 Å². The maximum atomic E-state index is 8.66. The molecule has 0 rings (SSSR count). The van der Waals surface area contributed by atoms with Crippen LogP contribution in [0, 0.1) is 5.92 Å². The van der Waals surface area contributed by atoms with Gasteiger partial charge in [0.15, 0.2) is 0 Å². The molecular weight excluding hydrogens is 220 g/mol. The first-order valence-electron chi connectivity index (χ1n) is 8.42. The standard InChI is InChI=1S/C17H36O/c1-3-14-17(2)15-12-10-8-6-4-5-7-9-11-13-16-18/h17-18H,3-16H2,1-2H3. The van der Waals surface area contributed by atoms with Gasteiger partial charge in [0.2, 0.25) is 0 Å². The monoisotopic (exact) mass is 256 g/mol. The smallest absolute Gasteiger partial charge is 0.0431 e. The maximum absolute atomic E-state index is 8.66. The fourth-order valence-corrected chi connectivity index (χ4v) is 2.66. The summed E-state index contributed by atoms with van der Waals surface area (Å²) >= 11 is 0. The molecule has 0 aromatic carbocycles. The van der Waals surface area contributed by atoms with Crippen molar-refractivity contribution >= 4 is 0 Å². The predicted octanol–water partition coefficient (Wildman–Crippen LogP) is 5.71. The van der Waals surface area contributed by atoms with E-state index in [0.29, 0.717) is 6.61 Å². The van der Waals surface area contributed by atoms with Gasteiger partial charge in [-0.15, -0.1) is 0 Å². The number of rotatable bonds is 14. The van der Waals surface area contributed by atoms with Crippen LogP contribution in [0.3, 0.4) is 0 Å². The molecule has 0 aliphatic rings. The third-order valence-corrected chi connectivity index (χ3v) is 3.89. The minimum absolute atomic E-state index is 0.371. The average Bonchev–Trinajstić information content (AvgIpc) is 2.36. The molecule has 1 N–H and O–H groups in total. The Morgan fingerprint density at radius 1 is 0.667 bits per heavy atom. The van der Waals surface area contributed by atoms with Crippen LogP contribution in [0.1, 0.15) is 97.3 Å². The second-order valence-corrected chi connectivity index (χ2v) is 5.94. The predicted molar refractivity (Wildman–Crippen MR) is 81.9 cm³/mol. The SMILES string of the molecule is CCCC(C)CCCCCCCCCCCCO. The number of hydrogen-bond acceptors (Lipinski definition) is 1. The van der Waals surface area contributed by atoms with E-state index >= 15 is 0 Å². The zero-order chi connectivity index (χ0) is 13.5. The second kappa shape index (κ2) is 15.0. The Morgan fingerprint density at radius 3 is 1.56 bits per heavy atom. The summed E-state index contributed by atoms with van der Waals surface area (Å²) < 4.78 is 0. The largest absolute Gasteiger partial charge is 0.396 e.